The van der Waals surface area contributed by atoms with Gasteiger partial charge in [0.25, 0.3) is 0 Å². The first-order valence-corrected chi connectivity index (χ1v) is 7.11. The summed E-state index contributed by atoms with van der Waals surface area (Å²) < 4.78 is 18.6. The van der Waals surface area contributed by atoms with Crippen LogP contribution < -0.4 is 5.32 Å². The maximum Gasteiger partial charge on any atom is 0.142 e. The van der Waals surface area contributed by atoms with Gasteiger partial charge >= 0.3 is 0 Å². The Morgan fingerprint density at radius 1 is 1.47 bits per heavy atom. The van der Waals surface area contributed by atoms with Crippen molar-refractivity contribution in [2.75, 3.05) is 20.3 Å². The van der Waals surface area contributed by atoms with E-state index in [9.17, 15) is 4.39 Å². The Hall–Kier alpha value is -0.640. The van der Waals surface area contributed by atoms with Gasteiger partial charge in [-0.25, -0.2) is 4.39 Å². The fourth-order valence-corrected chi connectivity index (χ4v) is 2.40. The highest BCUT2D eigenvalue weighted by molar-refractivity contribution is 6.30. The van der Waals surface area contributed by atoms with Gasteiger partial charge in [-0.2, -0.15) is 0 Å². The first-order chi connectivity index (χ1) is 9.06. The van der Waals surface area contributed by atoms with Crippen LogP contribution in [0.15, 0.2) is 18.2 Å². The van der Waals surface area contributed by atoms with Crippen LogP contribution in [0.1, 0.15) is 37.8 Å². The monoisotopic (exact) mass is 285 g/mol. The summed E-state index contributed by atoms with van der Waals surface area (Å²) in [6.07, 6.45) is 3.61. The molecule has 1 fully saturated rings. The van der Waals surface area contributed by atoms with Crippen LogP contribution in [0.4, 0.5) is 4.39 Å². The van der Waals surface area contributed by atoms with Gasteiger partial charge in [0.05, 0.1) is 5.02 Å². The molecule has 1 N–H and O–H groups in total. The van der Waals surface area contributed by atoms with Gasteiger partial charge in [0.1, 0.15) is 5.82 Å². The molecule has 0 aliphatic heterocycles. The number of hydrogen-bond acceptors (Lipinski definition) is 2. The molecule has 1 aromatic carbocycles. The largest absolute Gasteiger partial charge is 0.385 e. The average Bonchev–Trinajstić information content (AvgIpc) is 3.17. The van der Waals surface area contributed by atoms with E-state index in [2.05, 4.69) is 12.2 Å². The van der Waals surface area contributed by atoms with Crippen molar-refractivity contribution in [3.05, 3.63) is 34.6 Å². The Balaban J connectivity index is 1.87. The normalized spacial score (nSPS) is 18.3. The van der Waals surface area contributed by atoms with Crippen LogP contribution in [0, 0.1) is 11.2 Å². The van der Waals surface area contributed by atoms with Gasteiger partial charge < -0.3 is 10.1 Å². The van der Waals surface area contributed by atoms with E-state index in [1.807, 2.05) is 6.07 Å². The number of rotatable bonds is 7. The molecule has 2 nitrogen and oxygen atoms in total. The Bertz CT molecular complexity index is 434. The van der Waals surface area contributed by atoms with Gasteiger partial charge in [-0.3, -0.25) is 0 Å². The lowest BCUT2D eigenvalue weighted by Gasteiger charge is -2.20. The van der Waals surface area contributed by atoms with Crippen LogP contribution in [0.2, 0.25) is 5.02 Å². The molecule has 1 atom stereocenters. The minimum absolute atomic E-state index is 0.131. The lowest BCUT2D eigenvalue weighted by Crippen LogP contribution is -2.27. The molecule has 19 heavy (non-hydrogen) atoms. The number of nitrogens with one attached hydrogen (secondary N) is 1. The first kappa shape index (κ1) is 14.8. The molecule has 106 valence electrons. The van der Waals surface area contributed by atoms with Crippen molar-refractivity contribution in [3.8, 4) is 0 Å². The molecule has 0 heterocycles. The molecule has 0 spiro atoms. The summed E-state index contributed by atoms with van der Waals surface area (Å²) in [5.41, 5.74) is 1.33. The molecule has 1 aliphatic carbocycles. The lowest BCUT2D eigenvalue weighted by atomic mass is 10.0. The SMILES string of the molecule is COCCC1(CNC(C)c2ccc(Cl)c(F)c2)CC1. The minimum Gasteiger partial charge on any atom is -0.385 e. The van der Waals surface area contributed by atoms with E-state index < -0.39 is 0 Å². The van der Waals surface area contributed by atoms with Gasteiger partial charge in [0.15, 0.2) is 0 Å². The molecule has 0 bridgehead atoms. The van der Waals surface area contributed by atoms with Crippen molar-refractivity contribution in [2.24, 2.45) is 5.41 Å². The maximum atomic E-state index is 13.4. The molecule has 1 aromatic rings. The second-order valence-electron chi connectivity index (χ2n) is 5.52. The van der Waals surface area contributed by atoms with Crippen LogP contribution in [-0.2, 0) is 4.74 Å². The predicted molar refractivity (Wildman–Crippen MR) is 76.0 cm³/mol. The Labute approximate surface area is 119 Å². The molecule has 1 aliphatic rings. The summed E-state index contributed by atoms with van der Waals surface area (Å²) in [4.78, 5) is 0. The Morgan fingerprint density at radius 3 is 2.79 bits per heavy atom. The van der Waals surface area contributed by atoms with Crippen LogP contribution in [0.3, 0.4) is 0 Å². The van der Waals surface area contributed by atoms with Crippen LogP contribution in [0.5, 0.6) is 0 Å². The second-order valence-corrected chi connectivity index (χ2v) is 5.93. The molecule has 0 amide bonds. The highest BCUT2D eigenvalue weighted by Crippen LogP contribution is 2.48. The lowest BCUT2D eigenvalue weighted by molar-refractivity contribution is 0.170. The topological polar surface area (TPSA) is 21.3 Å². The van der Waals surface area contributed by atoms with Crippen LogP contribution in [0.25, 0.3) is 0 Å². The smallest absolute Gasteiger partial charge is 0.142 e. The van der Waals surface area contributed by atoms with Gasteiger partial charge in [0, 0.05) is 26.3 Å². The molecular weight excluding hydrogens is 265 g/mol. The van der Waals surface area contributed by atoms with Crippen LogP contribution >= 0.6 is 11.6 Å². The van der Waals surface area contributed by atoms with Gasteiger partial charge in [0.2, 0.25) is 0 Å². The Kier molecular flexibility index (Phi) is 4.82. The van der Waals surface area contributed by atoms with E-state index in [4.69, 9.17) is 16.3 Å². The molecule has 0 saturated heterocycles. The van der Waals surface area contributed by atoms with E-state index in [1.54, 1.807) is 13.2 Å². The quantitative estimate of drug-likeness (QED) is 0.819. The third-order valence-corrected chi connectivity index (χ3v) is 4.33. The minimum atomic E-state index is -0.353. The molecule has 4 heteroatoms. The summed E-state index contributed by atoms with van der Waals surface area (Å²) >= 11 is 5.69. The summed E-state index contributed by atoms with van der Waals surface area (Å²) in [5.74, 6) is -0.353. The fourth-order valence-electron chi connectivity index (χ4n) is 2.28. The predicted octanol–water partition coefficient (Wildman–Crippen LogP) is 3.95. The number of hydrogen-bond donors (Lipinski definition) is 1. The summed E-state index contributed by atoms with van der Waals surface area (Å²) in [5, 5.41) is 3.67. The second kappa shape index (κ2) is 6.21. The molecule has 0 aromatic heterocycles. The third kappa shape index (κ3) is 3.91. The van der Waals surface area contributed by atoms with Crippen molar-refractivity contribution in [3.63, 3.8) is 0 Å². The number of benzene rings is 1. The van der Waals surface area contributed by atoms with Crippen molar-refractivity contribution in [1.82, 2.24) is 5.32 Å². The number of methoxy groups -OCH3 is 1. The highest BCUT2D eigenvalue weighted by Gasteiger charge is 2.41. The average molecular weight is 286 g/mol. The van der Waals surface area contributed by atoms with Crippen molar-refractivity contribution >= 4 is 11.6 Å². The summed E-state index contributed by atoms with van der Waals surface area (Å²) in [6.45, 7) is 3.82. The number of halogens is 2. The molecule has 0 radical (unpaired) electrons. The first-order valence-electron chi connectivity index (χ1n) is 6.74. The number of ether oxygens (including phenoxy) is 1. The van der Waals surface area contributed by atoms with Gasteiger partial charge in [-0.05, 0) is 49.3 Å². The zero-order chi connectivity index (χ0) is 13.9. The molecule has 1 saturated carbocycles. The zero-order valence-corrected chi connectivity index (χ0v) is 12.3. The Morgan fingerprint density at radius 2 is 2.21 bits per heavy atom. The van der Waals surface area contributed by atoms with E-state index in [1.165, 1.54) is 18.9 Å². The van der Waals surface area contributed by atoms with Crippen molar-refractivity contribution in [1.29, 1.82) is 0 Å². The van der Waals surface area contributed by atoms with E-state index >= 15 is 0 Å². The molecule has 1 unspecified atom stereocenters. The molecular formula is C15H21ClFNO. The summed E-state index contributed by atoms with van der Waals surface area (Å²) in [6, 6.07) is 5.13. The van der Waals surface area contributed by atoms with Gasteiger partial charge in [-0.1, -0.05) is 17.7 Å². The van der Waals surface area contributed by atoms with Crippen LogP contribution in [-0.4, -0.2) is 20.3 Å². The summed E-state index contributed by atoms with van der Waals surface area (Å²) in [7, 11) is 1.74. The van der Waals surface area contributed by atoms with Gasteiger partial charge in [-0.15, -0.1) is 0 Å². The zero-order valence-electron chi connectivity index (χ0n) is 11.5. The van der Waals surface area contributed by atoms with E-state index in [-0.39, 0.29) is 16.9 Å². The van der Waals surface area contributed by atoms with Crippen molar-refractivity contribution < 1.29 is 9.13 Å². The van der Waals surface area contributed by atoms with Crippen molar-refractivity contribution in [2.45, 2.75) is 32.2 Å². The standard InChI is InChI=1S/C15H21ClFNO/c1-11(12-3-4-13(16)14(17)9-12)18-10-15(5-6-15)7-8-19-2/h3-4,9,11,18H,5-8,10H2,1-2H3. The molecule has 2 rings (SSSR count). The van der Waals surface area contributed by atoms with E-state index in [0.717, 1.165) is 25.1 Å². The maximum absolute atomic E-state index is 13.4. The fraction of sp³-hybridized carbons (Fsp3) is 0.600. The van der Waals surface area contributed by atoms with E-state index in [0.29, 0.717) is 5.41 Å². The highest BCUT2D eigenvalue weighted by atomic mass is 35.5. The third-order valence-electron chi connectivity index (χ3n) is 4.02.